The normalized spacial score (nSPS) is 18.3. The number of hydrogen-bond donors (Lipinski definition) is 1. The largest absolute Gasteiger partial charge is 0.508 e. The molecule has 0 aromatic carbocycles. The minimum atomic E-state index is 0.0207. The van der Waals surface area contributed by atoms with E-state index in [1.54, 1.807) is 6.20 Å². The number of rotatable bonds is 11. The van der Waals surface area contributed by atoms with Crippen LogP contribution in [0, 0.1) is 5.41 Å². The number of aromatic nitrogens is 1. The SMILES string of the molecule is CCCOC1=C(CCC)C/C(=C(O)/C=C/c2cccnc2)CC1(CCC)CCC. The first-order chi connectivity index (χ1) is 14.1. The van der Waals surface area contributed by atoms with Gasteiger partial charge in [-0.2, -0.15) is 0 Å². The van der Waals surface area contributed by atoms with Crippen LogP contribution in [-0.4, -0.2) is 16.7 Å². The van der Waals surface area contributed by atoms with E-state index in [0.717, 1.165) is 75.5 Å². The van der Waals surface area contributed by atoms with E-state index in [1.807, 2.05) is 30.5 Å². The van der Waals surface area contributed by atoms with E-state index >= 15 is 0 Å². The summed E-state index contributed by atoms with van der Waals surface area (Å²) in [5.41, 5.74) is 3.57. The van der Waals surface area contributed by atoms with Crippen molar-refractivity contribution < 1.29 is 9.84 Å². The molecule has 2 rings (SSSR count). The first-order valence-corrected chi connectivity index (χ1v) is 11.4. The van der Waals surface area contributed by atoms with Gasteiger partial charge in [0.2, 0.25) is 0 Å². The molecule has 3 heteroatoms. The summed E-state index contributed by atoms with van der Waals surface area (Å²) in [6, 6.07) is 3.91. The van der Waals surface area contributed by atoms with Crippen LogP contribution in [0.5, 0.6) is 0 Å². The van der Waals surface area contributed by atoms with Crippen molar-refractivity contribution in [2.45, 2.75) is 85.5 Å². The Balaban J connectivity index is 2.46. The van der Waals surface area contributed by atoms with Gasteiger partial charge in [0.05, 0.1) is 6.61 Å². The highest BCUT2D eigenvalue weighted by molar-refractivity contribution is 5.51. The first kappa shape index (κ1) is 23.3. The van der Waals surface area contributed by atoms with Crippen LogP contribution in [0.4, 0.5) is 0 Å². The van der Waals surface area contributed by atoms with Gasteiger partial charge in [-0.05, 0) is 73.5 Å². The van der Waals surface area contributed by atoms with Gasteiger partial charge in [-0.15, -0.1) is 0 Å². The lowest BCUT2D eigenvalue weighted by atomic mass is 9.66. The molecule has 0 amide bonds. The van der Waals surface area contributed by atoms with Crippen LogP contribution in [0.1, 0.15) is 91.0 Å². The van der Waals surface area contributed by atoms with Crippen molar-refractivity contribution in [1.82, 2.24) is 4.98 Å². The van der Waals surface area contributed by atoms with E-state index in [-0.39, 0.29) is 5.41 Å². The molecule has 160 valence electrons. The fourth-order valence-corrected chi connectivity index (χ4v) is 4.66. The maximum atomic E-state index is 11.0. The third-order valence-electron chi connectivity index (χ3n) is 5.72. The molecule has 0 unspecified atom stereocenters. The molecule has 1 heterocycles. The molecule has 29 heavy (non-hydrogen) atoms. The van der Waals surface area contributed by atoms with E-state index < -0.39 is 0 Å². The Morgan fingerprint density at radius 2 is 1.90 bits per heavy atom. The van der Waals surface area contributed by atoms with Crippen LogP contribution in [0.25, 0.3) is 6.08 Å². The Morgan fingerprint density at radius 1 is 1.14 bits per heavy atom. The summed E-state index contributed by atoms with van der Waals surface area (Å²) in [6.45, 7) is 9.70. The molecule has 3 nitrogen and oxygen atoms in total. The first-order valence-electron chi connectivity index (χ1n) is 11.4. The average molecular weight is 398 g/mol. The Hall–Kier alpha value is -2.03. The molecule has 1 aliphatic rings. The summed E-state index contributed by atoms with van der Waals surface area (Å²) >= 11 is 0. The second-order valence-electron chi connectivity index (χ2n) is 8.27. The van der Waals surface area contributed by atoms with E-state index in [9.17, 15) is 5.11 Å². The Bertz CT molecular complexity index is 709. The predicted molar refractivity (Wildman–Crippen MR) is 123 cm³/mol. The van der Waals surface area contributed by atoms with Gasteiger partial charge in [0.1, 0.15) is 11.5 Å². The number of nitrogens with zero attached hydrogens (tertiary/aromatic N) is 1. The van der Waals surface area contributed by atoms with Gasteiger partial charge >= 0.3 is 0 Å². The molecular formula is C26H39NO2. The summed E-state index contributed by atoms with van der Waals surface area (Å²) in [5, 5.41) is 11.0. The quantitative estimate of drug-likeness (QED) is 0.388. The summed E-state index contributed by atoms with van der Waals surface area (Å²) in [6.07, 6.45) is 16.7. The highest BCUT2D eigenvalue weighted by Crippen LogP contribution is 2.51. The molecule has 1 aliphatic carbocycles. The Morgan fingerprint density at radius 3 is 2.48 bits per heavy atom. The molecule has 0 saturated heterocycles. The van der Waals surface area contributed by atoms with E-state index in [1.165, 1.54) is 11.3 Å². The fourth-order valence-electron chi connectivity index (χ4n) is 4.66. The monoisotopic (exact) mass is 397 g/mol. The minimum absolute atomic E-state index is 0.0207. The molecule has 1 aromatic rings. The van der Waals surface area contributed by atoms with Crippen LogP contribution in [0.2, 0.25) is 0 Å². The third kappa shape index (κ3) is 6.22. The van der Waals surface area contributed by atoms with Gasteiger partial charge in [-0.1, -0.05) is 53.0 Å². The van der Waals surface area contributed by atoms with E-state index in [2.05, 4.69) is 32.7 Å². The third-order valence-corrected chi connectivity index (χ3v) is 5.72. The zero-order valence-corrected chi connectivity index (χ0v) is 18.8. The van der Waals surface area contributed by atoms with Crippen molar-refractivity contribution in [3.63, 3.8) is 0 Å². The average Bonchev–Trinajstić information content (AvgIpc) is 2.72. The van der Waals surface area contributed by atoms with Crippen molar-refractivity contribution in [1.29, 1.82) is 0 Å². The van der Waals surface area contributed by atoms with Crippen molar-refractivity contribution in [3.05, 3.63) is 58.8 Å². The molecule has 0 saturated carbocycles. The van der Waals surface area contributed by atoms with Crippen LogP contribution < -0.4 is 0 Å². The van der Waals surface area contributed by atoms with Crippen molar-refractivity contribution in [3.8, 4) is 0 Å². The standard InChI is InChI=1S/C26H39NO2/c1-5-10-22-18-23(24(28)13-12-21-11-9-16-27-20-21)19-26(14-6-2,15-7-3)25(22)29-17-8-4/h9,11-13,16,20,28H,5-8,10,14-15,17-19H2,1-4H3/b13-12+,24-23+. The molecule has 0 bridgehead atoms. The Kier molecular flexibility index (Phi) is 9.50. The topological polar surface area (TPSA) is 42.4 Å². The number of ether oxygens (including phenoxy) is 1. The Labute approximate surface area is 177 Å². The lowest BCUT2D eigenvalue weighted by molar-refractivity contribution is 0.0958. The van der Waals surface area contributed by atoms with E-state index in [4.69, 9.17) is 4.74 Å². The molecule has 0 radical (unpaired) electrons. The number of hydrogen-bond acceptors (Lipinski definition) is 3. The zero-order valence-electron chi connectivity index (χ0n) is 18.8. The van der Waals surface area contributed by atoms with Crippen LogP contribution >= 0.6 is 0 Å². The summed E-state index contributed by atoms with van der Waals surface area (Å²) < 4.78 is 6.42. The van der Waals surface area contributed by atoms with Gasteiger partial charge in [-0.3, -0.25) is 4.98 Å². The number of aliphatic hydroxyl groups is 1. The van der Waals surface area contributed by atoms with Gasteiger partial charge in [0.15, 0.2) is 0 Å². The highest BCUT2D eigenvalue weighted by Gasteiger charge is 2.41. The van der Waals surface area contributed by atoms with Crippen LogP contribution in [-0.2, 0) is 4.74 Å². The lowest BCUT2D eigenvalue weighted by Crippen LogP contribution is -2.31. The maximum absolute atomic E-state index is 11.0. The molecule has 0 spiro atoms. The smallest absolute Gasteiger partial charge is 0.115 e. The molecule has 0 atom stereocenters. The second-order valence-corrected chi connectivity index (χ2v) is 8.27. The molecule has 1 aromatic heterocycles. The van der Waals surface area contributed by atoms with Crippen LogP contribution in [0.15, 0.2) is 53.3 Å². The maximum Gasteiger partial charge on any atom is 0.115 e. The molecule has 1 N–H and O–H groups in total. The van der Waals surface area contributed by atoms with Gasteiger partial charge in [0.25, 0.3) is 0 Å². The van der Waals surface area contributed by atoms with Gasteiger partial charge in [-0.25, -0.2) is 0 Å². The summed E-state index contributed by atoms with van der Waals surface area (Å²) in [7, 11) is 0. The molecule has 0 fully saturated rings. The van der Waals surface area contributed by atoms with Gasteiger partial charge in [0, 0.05) is 17.8 Å². The second kappa shape index (κ2) is 11.8. The summed E-state index contributed by atoms with van der Waals surface area (Å²) in [4.78, 5) is 4.15. The molecule has 0 aliphatic heterocycles. The minimum Gasteiger partial charge on any atom is -0.508 e. The number of pyridine rings is 1. The zero-order chi connectivity index (χ0) is 21.1. The number of aliphatic hydroxyl groups excluding tert-OH is 1. The van der Waals surface area contributed by atoms with Crippen molar-refractivity contribution in [2.75, 3.05) is 6.61 Å². The fraction of sp³-hybridized carbons (Fsp3) is 0.577. The van der Waals surface area contributed by atoms with Crippen molar-refractivity contribution >= 4 is 6.08 Å². The molecular weight excluding hydrogens is 358 g/mol. The van der Waals surface area contributed by atoms with Crippen LogP contribution in [0.3, 0.4) is 0 Å². The van der Waals surface area contributed by atoms with E-state index in [0.29, 0.717) is 5.76 Å². The predicted octanol–water partition coefficient (Wildman–Crippen LogP) is 7.77. The van der Waals surface area contributed by atoms with Gasteiger partial charge < -0.3 is 9.84 Å². The number of allylic oxidation sites excluding steroid dienone is 4. The van der Waals surface area contributed by atoms with Crippen molar-refractivity contribution in [2.24, 2.45) is 5.41 Å². The summed E-state index contributed by atoms with van der Waals surface area (Å²) in [5.74, 6) is 1.66. The highest BCUT2D eigenvalue weighted by atomic mass is 16.5. The lowest BCUT2D eigenvalue weighted by Gasteiger charge is -2.42.